The van der Waals surface area contributed by atoms with Crippen molar-refractivity contribution in [2.45, 2.75) is 58.0 Å². The monoisotopic (exact) mass is 200 g/mol. The minimum absolute atomic E-state index is 0.0822. The van der Waals surface area contributed by atoms with E-state index in [1.807, 2.05) is 0 Å². The lowest BCUT2D eigenvalue weighted by Crippen LogP contribution is -2.17. The maximum atomic E-state index is 9.30. The Balaban J connectivity index is 2.26. The number of hydrogen-bond acceptors (Lipinski definition) is 2. The van der Waals surface area contributed by atoms with Crippen LogP contribution in [0.15, 0.2) is 0 Å². The van der Waals surface area contributed by atoms with Crippen molar-refractivity contribution < 1.29 is 10.2 Å². The molecule has 84 valence electrons. The van der Waals surface area contributed by atoms with Gasteiger partial charge in [-0.2, -0.15) is 0 Å². The molecule has 1 rings (SSSR count). The summed E-state index contributed by atoms with van der Waals surface area (Å²) in [6.45, 7) is 2.25. The summed E-state index contributed by atoms with van der Waals surface area (Å²) in [5, 5.41) is 18.0. The molecule has 0 heterocycles. The lowest BCUT2D eigenvalue weighted by molar-refractivity contribution is 0.0791. The van der Waals surface area contributed by atoms with Crippen LogP contribution in [-0.2, 0) is 0 Å². The van der Waals surface area contributed by atoms with Gasteiger partial charge in [0, 0.05) is 0 Å². The highest BCUT2D eigenvalue weighted by atomic mass is 16.3. The van der Waals surface area contributed by atoms with Gasteiger partial charge in [-0.15, -0.1) is 0 Å². The molecule has 0 aromatic carbocycles. The summed E-state index contributed by atoms with van der Waals surface area (Å²) in [5.41, 5.74) is 0. The van der Waals surface area contributed by atoms with E-state index in [-0.39, 0.29) is 6.61 Å². The van der Waals surface area contributed by atoms with E-state index >= 15 is 0 Å². The van der Waals surface area contributed by atoms with E-state index in [1.54, 1.807) is 0 Å². The van der Waals surface area contributed by atoms with Crippen molar-refractivity contribution in [1.29, 1.82) is 0 Å². The van der Waals surface area contributed by atoms with Crippen LogP contribution in [0.3, 0.4) is 0 Å². The third-order valence-electron chi connectivity index (χ3n) is 3.62. The summed E-state index contributed by atoms with van der Waals surface area (Å²) in [4.78, 5) is 0. The third-order valence-corrected chi connectivity index (χ3v) is 3.62. The zero-order valence-corrected chi connectivity index (χ0v) is 9.28. The van der Waals surface area contributed by atoms with Crippen molar-refractivity contribution in [3.63, 3.8) is 0 Å². The average Bonchev–Trinajstić information content (AvgIpc) is 2.39. The van der Waals surface area contributed by atoms with Gasteiger partial charge < -0.3 is 10.2 Å². The summed E-state index contributed by atoms with van der Waals surface area (Å²) >= 11 is 0. The molecule has 0 saturated heterocycles. The van der Waals surface area contributed by atoms with Gasteiger partial charge in [0.05, 0.1) is 12.7 Å². The highest BCUT2D eigenvalue weighted by Crippen LogP contribution is 2.31. The van der Waals surface area contributed by atoms with E-state index in [0.717, 1.165) is 24.7 Å². The summed E-state index contributed by atoms with van der Waals surface area (Å²) in [5.74, 6) is 1.59. The van der Waals surface area contributed by atoms with Gasteiger partial charge in [-0.3, -0.25) is 0 Å². The fraction of sp³-hybridized carbons (Fsp3) is 1.00. The SMILES string of the molecule is CC1CCCCCC1CCC(O)CO. The Bertz CT molecular complexity index is 147. The predicted octanol–water partition coefficient (Wildman–Crippen LogP) is 2.34. The third kappa shape index (κ3) is 3.97. The molecule has 2 heteroatoms. The summed E-state index contributed by atoms with van der Waals surface area (Å²) in [6.07, 6.45) is 8.13. The maximum absolute atomic E-state index is 9.30. The standard InChI is InChI=1S/C12H24O2/c1-10-5-3-2-4-6-11(10)7-8-12(14)9-13/h10-14H,2-9H2,1H3. The smallest absolute Gasteiger partial charge is 0.0771 e. The van der Waals surface area contributed by atoms with Gasteiger partial charge in [0.1, 0.15) is 0 Å². The summed E-state index contributed by atoms with van der Waals surface area (Å²) in [6, 6.07) is 0. The van der Waals surface area contributed by atoms with Crippen molar-refractivity contribution in [3.05, 3.63) is 0 Å². The molecule has 0 spiro atoms. The van der Waals surface area contributed by atoms with Gasteiger partial charge in [0.15, 0.2) is 0 Å². The van der Waals surface area contributed by atoms with Crippen LogP contribution < -0.4 is 0 Å². The molecule has 0 radical (unpaired) electrons. The Morgan fingerprint density at radius 2 is 1.93 bits per heavy atom. The van der Waals surface area contributed by atoms with Crippen LogP contribution in [0.25, 0.3) is 0 Å². The lowest BCUT2D eigenvalue weighted by Gasteiger charge is -2.22. The number of aliphatic hydroxyl groups is 2. The zero-order valence-electron chi connectivity index (χ0n) is 9.28. The molecule has 1 fully saturated rings. The summed E-state index contributed by atoms with van der Waals surface area (Å²) in [7, 11) is 0. The molecule has 14 heavy (non-hydrogen) atoms. The minimum atomic E-state index is -0.495. The molecule has 0 bridgehead atoms. The quantitative estimate of drug-likeness (QED) is 0.684. The van der Waals surface area contributed by atoms with Crippen LogP contribution >= 0.6 is 0 Å². The van der Waals surface area contributed by atoms with Crippen LogP contribution in [0, 0.1) is 11.8 Å². The highest BCUT2D eigenvalue weighted by Gasteiger charge is 2.20. The van der Waals surface area contributed by atoms with Gasteiger partial charge >= 0.3 is 0 Å². The first-order chi connectivity index (χ1) is 6.74. The van der Waals surface area contributed by atoms with Crippen LogP contribution in [0.1, 0.15) is 51.9 Å². The first-order valence-corrected chi connectivity index (χ1v) is 6.03. The molecule has 0 aromatic rings. The van der Waals surface area contributed by atoms with Crippen molar-refractivity contribution >= 4 is 0 Å². The van der Waals surface area contributed by atoms with Crippen LogP contribution in [0.4, 0.5) is 0 Å². The molecule has 1 aliphatic rings. The zero-order chi connectivity index (χ0) is 10.4. The van der Waals surface area contributed by atoms with Crippen molar-refractivity contribution in [3.8, 4) is 0 Å². The normalized spacial score (nSPS) is 31.1. The number of rotatable bonds is 4. The molecule has 1 aliphatic carbocycles. The molecule has 3 unspecified atom stereocenters. The molecule has 0 aromatic heterocycles. The van der Waals surface area contributed by atoms with E-state index in [0.29, 0.717) is 0 Å². The fourth-order valence-electron chi connectivity index (χ4n) is 2.50. The Labute approximate surface area is 87.3 Å². The van der Waals surface area contributed by atoms with E-state index in [1.165, 1.54) is 32.1 Å². The van der Waals surface area contributed by atoms with Gasteiger partial charge in [-0.1, -0.05) is 39.0 Å². The topological polar surface area (TPSA) is 40.5 Å². The Kier molecular flexibility index (Phi) is 5.49. The number of aliphatic hydroxyl groups excluding tert-OH is 2. The largest absolute Gasteiger partial charge is 0.394 e. The van der Waals surface area contributed by atoms with Crippen molar-refractivity contribution in [1.82, 2.24) is 0 Å². The predicted molar refractivity (Wildman–Crippen MR) is 58.1 cm³/mol. The molecule has 0 amide bonds. The molecule has 2 N–H and O–H groups in total. The Morgan fingerprint density at radius 3 is 2.64 bits per heavy atom. The van der Waals surface area contributed by atoms with Gasteiger partial charge in [-0.25, -0.2) is 0 Å². The van der Waals surface area contributed by atoms with Crippen molar-refractivity contribution in [2.24, 2.45) is 11.8 Å². The molecule has 1 saturated carbocycles. The van der Waals surface area contributed by atoms with Crippen LogP contribution in [0.5, 0.6) is 0 Å². The van der Waals surface area contributed by atoms with Crippen molar-refractivity contribution in [2.75, 3.05) is 6.61 Å². The Morgan fingerprint density at radius 1 is 1.21 bits per heavy atom. The van der Waals surface area contributed by atoms with E-state index < -0.39 is 6.10 Å². The molecular weight excluding hydrogens is 176 g/mol. The van der Waals surface area contributed by atoms with E-state index in [4.69, 9.17) is 5.11 Å². The van der Waals surface area contributed by atoms with Gasteiger partial charge in [0.2, 0.25) is 0 Å². The van der Waals surface area contributed by atoms with Crippen LogP contribution in [-0.4, -0.2) is 22.9 Å². The molecule has 2 nitrogen and oxygen atoms in total. The highest BCUT2D eigenvalue weighted by molar-refractivity contribution is 4.72. The molecule has 0 aliphatic heterocycles. The second-order valence-electron chi connectivity index (χ2n) is 4.79. The maximum Gasteiger partial charge on any atom is 0.0771 e. The molecular formula is C12H24O2. The first-order valence-electron chi connectivity index (χ1n) is 6.03. The Hall–Kier alpha value is -0.0800. The van der Waals surface area contributed by atoms with E-state index in [2.05, 4.69) is 6.92 Å². The number of hydrogen-bond donors (Lipinski definition) is 2. The van der Waals surface area contributed by atoms with Gasteiger partial charge in [0.25, 0.3) is 0 Å². The molecule has 3 atom stereocenters. The second kappa shape index (κ2) is 6.41. The van der Waals surface area contributed by atoms with Gasteiger partial charge in [-0.05, 0) is 24.7 Å². The van der Waals surface area contributed by atoms with E-state index in [9.17, 15) is 5.11 Å². The fourth-order valence-corrected chi connectivity index (χ4v) is 2.50. The minimum Gasteiger partial charge on any atom is -0.394 e. The first kappa shape index (κ1) is 12.0. The lowest BCUT2D eigenvalue weighted by atomic mass is 9.85. The second-order valence-corrected chi connectivity index (χ2v) is 4.79. The van der Waals surface area contributed by atoms with Crippen LogP contribution in [0.2, 0.25) is 0 Å². The average molecular weight is 200 g/mol. The summed E-state index contributed by atoms with van der Waals surface area (Å²) < 4.78 is 0.